The van der Waals surface area contributed by atoms with Gasteiger partial charge in [-0.1, -0.05) is 24.6 Å². The number of halogens is 3. The van der Waals surface area contributed by atoms with E-state index in [-0.39, 0.29) is 34.1 Å². The highest BCUT2D eigenvalue weighted by Crippen LogP contribution is 2.46. The Bertz CT molecular complexity index is 1180. The monoisotopic (exact) mass is 484 g/mol. The van der Waals surface area contributed by atoms with Crippen LogP contribution in [0.4, 0.5) is 14.6 Å². The topological polar surface area (TPSA) is 101 Å². The molecule has 1 aliphatic carbocycles. The van der Waals surface area contributed by atoms with Gasteiger partial charge in [-0.3, -0.25) is 4.79 Å². The molecule has 0 bridgehead atoms. The molecule has 2 aromatic rings. The van der Waals surface area contributed by atoms with Crippen molar-refractivity contribution < 1.29 is 22.0 Å². The molecule has 7 nitrogen and oxygen atoms in total. The van der Waals surface area contributed by atoms with Gasteiger partial charge in [0.1, 0.15) is 34.0 Å². The highest BCUT2D eigenvalue weighted by Gasteiger charge is 2.43. The van der Waals surface area contributed by atoms with Crippen LogP contribution in [0.15, 0.2) is 29.7 Å². The van der Waals surface area contributed by atoms with Crippen molar-refractivity contribution in [3.63, 3.8) is 0 Å². The minimum atomic E-state index is -3.36. The minimum absolute atomic E-state index is 0.0507. The van der Waals surface area contributed by atoms with Crippen LogP contribution in [0.5, 0.6) is 0 Å². The van der Waals surface area contributed by atoms with Gasteiger partial charge in [0.25, 0.3) is 5.91 Å². The van der Waals surface area contributed by atoms with Gasteiger partial charge in [0, 0.05) is 35.2 Å². The largest absolute Gasteiger partial charge is 0.365 e. The maximum Gasteiger partial charge on any atom is 0.258 e. The van der Waals surface area contributed by atoms with Gasteiger partial charge in [0.2, 0.25) is 0 Å². The second kappa shape index (κ2) is 9.11. The molecule has 1 amide bonds. The molecule has 32 heavy (non-hydrogen) atoms. The van der Waals surface area contributed by atoms with Crippen LogP contribution >= 0.6 is 11.6 Å². The first-order valence-corrected chi connectivity index (χ1v) is 12.2. The molecule has 1 heterocycles. The number of sulfone groups is 1. The average molecular weight is 485 g/mol. The third-order valence-corrected chi connectivity index (χ3v) is 5.98. The first-order chi connectivity index (χ1) is 14.9. The lowest BCUT2D eigenvalue weighted by atomic mass is 10.1. The molecule has 0 aliphatic heterocycles. The quantitative estimate of drug-likeness (QED) is 0.553. The molecule has 1 saturated carbocycles. The van der Waals surface area contributed by atoms with Crippen LogP contribution in [0.25, 0.3) is 0 Å². The highest BCUT2D eigenvalue weighted by molar-refractivity contribution is 7.93. The Kier molecular flexibility index (Phi) is 6.85. The molecule has 1 fully saturated rings. The van der Waals surface area contributed by atoms with E-state index in [1.807, 2.05) is 6.92 Å². The van der Waals surface area contributed by atoms with Crippen molar-refractivity contribution in [3.8, 4) is 0 Å². The molecule has 0 spiro atoms. The van der Waals surface area contributed by atoms with E-state index in [0.29, 0.717) is 5.82 Å². The fraction of sp³-hybridized carbons (Fsp3) is 0.381. The van der Waals surface area contributed by atoms with Crippen LogP contribution in [-0.4, -0.2) is 36.6 Å². The van der Waals surface area contributed by atoms with Crippen molar-refractivity contribution in [2.75, 3.05) is 11.6 Å². The lowest BCUT2D eigenvalue weighted by molar-refractivity contribution is 0.0947. The first kappa shape index (κ1) is 24.1. The molecule has 0 unspecified atom stereocenters. The number of nitrogens with one attached hydrogen (secondary N) is 2. The van der Waals surface area contributed by atoms with Gasteiger partial charge < -0.3 is 10.6 Å². The SMILES string of the molecule is C[C@@H](/C=C/S(C)(=O)=O)NC(=O)c1c(Cl)nc(C2(C)CC2)nc1NCc1cc(F)ccc1F. The molecule has 1 atom stereocenters. The van der Waals surface area contributed by atoms with Crippen LogP contribution < -0.4 is 10.6 Å². The molecule has 1 aromatic carbocycles. The summed E-state index contributed by atoms with van der Waals surface area (Å²) in [6.45, 7) is 3.41. The molecule has 3 rings (SSSR count). The van der Waals surface area contributed by atoms with Crippen molar-refractivity contribution in [3.05, 3.63) is 63.4 Å². The second-order valence-corrected chi connectivity index (χ2v) is 10.4. The molecule has 2 N–H and O–H groups in total. The van der Waals surface area contributed by atoms with Crippen molar-refractivity contribution in [1.29, 1.82) is 0 Å². The molecule has 1 aromatic heterocycles. The van der Waals surface area contributed by atoms with E-state index >= 15 is 0 Å². The average Bonchev–Trinajstić information content (AvgIpc) is 3.44. The highest BCUT2D eigenvalue weighted by atomic mass is 35.5. The summed E-state index contributed by atoms with van der Waals surface area (Å²) in [7, 11) is -3.36. The van der Waals surface area contributed by atoms with E-state index in [0.717, 1.165) is 42.7 Å². The zero-order valence-electron chi connectivity index (χ0n) is 17.7. The summed E-state index contributed by atoms with van der Waals surface area (Å²) >= 11 is 6.33. The smallest absolute Gasteiger partial charge is 0.258 e. The van der Waals surface area contributed by atoms with Crippen molar-refractivity contribution in [1.82, 2.24) is 15.3 Å². The molecule has 0 radical (unpaired) electrons. The number of carbonyl (C=O) groups excluding carboxylic acids is 1. The summed E-state index contributed by atoms with van der Waals surface area (Å²) in [4.78, 5) is 21.6. The Labute approximate surface area is 190 Å². The molecule has 0 saturated heterocycles. The lowest BCUT2D eigenvalue weighted by Crippen LogP contribution is -2.32. The van der Waals surface area contributed by atoms with E-state index in [2.05, 4.69) is 20.6 Å². The fourth-order valence-corrected chi connectivity index (χ4v) is 3.67. The summed E-state index contributed by atoms with van der Waals surface area (Å²) in [5.41, 5.74) is -0.282. The summed E-state index contributed by atoms with van der Waals surface area (Å²) < 4.78 is 50.2. The van der Waals surface area contributed by atoms with Crippen LogP contribution in [0.1, 0.15) is 48.4 Å². The number of aromatic nitrogens is 2. The molecule has 11 heteroatoms. The zero-order valence-corrected chi connectivity index (χ0v) is 19.3. The Morgan fingerprint density at radius 3 is 2.62 bits per heavy atom. The van der Waals surface area contributed by atoms with E-state index in [1.165, 1.54) is 6.08 Å². The minimum Gasteiger partial charge on any atom is -0.365 e. The van der Waals surface area contributed by atoms with Gasteiger partial charge in [-0.05, 0) is 38.0 Å². The predicted molar refractivity (Wildman–Crippen MR) is 118 cm³/mol. The summed E-state index contributed by atoms with van der Waals surface area (Å²) in [5.74, 6) is -1.33. The summed E-state index contributed by atoms with van der Waals surface area (Å²) in [6.07, 6.45) is 4.07. The Morgan fingerprint density at radius 1 is 1.31 bits per heavy atom. The standard InChI is InChI=1S/C21H23ClF2N4O3S/c1-12(6-9-32(3,30)31)26-19(29)16-17(22)27-20(21(2)7-8-21)28-18(16)25-11-13-10-14(23)4-5-15(13)24/h4-6,9-10,12H,7-8,11H2,1-3H3,(H,26,29)(H,25,27,28)/b9-6+/t12-/m0/s1. The van der Waals surface area contributed by atoms with Gasteiger partial charge in [-0.25, -0.2) is 27.2 Å². The van der Waals surface area contributed by atoms with E-state index in [4.69, 9.17) is 11.6 Å². The molecular weight excluding hydrogens is 462 g/mol. The van der Waals surface area contributed by atoms with Gasteiger partial charge in [-0.15, -0.1) is 0 Å². The van der Waals surface area contributed by atoms with Gasteiger partial charge in [0.15, 0.2) is 9.84 Å². The Balaban J connectivity index is 1.91. The van der Waals surface area contributed by atoms with Crippen LogP contribution in [0.2, 0.25) is 5.15 Å². The van der Waals surface area contributed by atoms with E-state index in [9.17, 15) is 22.0 Å². The number of hydrogen-bond acceptors (Lipinski definition) is 6. The second-order valence-electron chi connectivity index (χ2n) is 8.13. The number of anilines is 1. The van der Waals surface area contributed by atoms with Crippen LogP contribution in [0, 0.1) is 11.6 Å². The maximum absolute atomic E-state index is 14.0. The number of amides is 1. The Hall–Kier alpha value is -2.59. The Morgan fingerprint density at radius 2 is 2.00 bits per heavy atom. The van der Waals surface area contributed by atoms with Crippen LogP contribution in [0.3, 0.4) is 0 Å². The number of carbonyl (C=O) groups is 1. The third kappa shape index (κ3) is 6.01. The summed E-state index contributed by atoms with van der Waals surface area (Å²) in [5, 5.41) is 6.38. The van der Waals surface area contributed by atoms with Crippen LogP contribution in [-0.2, 0) is 21.8 Å². The van der Waals surface area contributed by atoms with E-state index < -0.39 is 33.4 Å². The number of hydrogen-bond donors (Lipinski definition) is 2. The predicted octanol–water partition coefficient (Wildman–Crippen LogP) is 3.75. The van der Waals surface area contributed by atoms with Gasteiger partial charge in [-0.2, -0.15) is 0 Å². The van der Waals surface area contributed by atoms with Crippen molar-refractivity contribution in [2.45, 2.75) is 44.7 Å². The van der Waals surface area contributed by atoms with E-state index in [1.54, 1.807) is 6.92 Å². The van der Waals surface area contributed by atoms with Gasteiger partial charge >= 0.3 is 0 Å². The lowest BCUT2D eigenvalue weighted by Gasteiger charge is -2.17. The zero-order chi connectivity index (χ0) is 23.7. The number of nitrogens with zero attached hydrogens (tertiary/aromatic N) is 2. The van der Waals surface area contributed by atoms with Crippen molar-refractivity contribution in [2.24, 2.45) is 0 Å². The van der Waals surface area contributed by atoms with Crippen molar-refractivity contribution >= 4 is 33.2 Å². The number of rotatable bonds is 8. The fourth-order valence-electron chi connectivity index (χ4n) is 2.89. The maximum atomic E-state index is 14.0. The molecular formula is C21H23ClF2N4O3S. The molecule has 172 valence electrons. The number of benzene rings is 1. The molecule has 1 aliphatic rings. The van der Waals surface area contributed by atoms with Gasteiger partial charge in [0.05, 0.1) is 0 Å². The summed E-state index contributed by atoms with van der Waals surface area (Å²) in [6, 6.07) is 2.43. The third-order valence-electron chi connectivity index (χ3n) is 5.06. The normalized spacial score (nSPS) is 16.1. The first-order valence-electron chi connectivity index (χ1n) is 9.83.